The van der Waals surface area contributed by atoms with Gasteiger partial charge < -0.3 is 19.6 Å². The van der Waals surface area contributed by atoms with Crippen LogP contribution in [-0.2, 0) is 25.7 Å². The second-order valence-electron chi connectivity index (χ2n) is 5.62. The molecule has 0 aromatic carbocycles. The van der Waals surface area contributed by atoms with Gasteiger partial charge in [0.15, 0.2) is 5.78 Å². The number of furan rings is 1. The molecular formula is C17H16N2O5. The number of nitriles is 1. The molecule has 24 heavy (non-hydrogen) atoms. The van der Waals surface area contributed by atoms with Crippen molar-refractivity contribution in [3.63, 3.8) is 0 Å². The van der Waals surface area contributed by atoms with Gasteiger partial charge in [-0.25, -0.2) is 0 Å². The minimum atomic E-state index is -0.683. The van der Waals surface area contributed by atoms with E-state index in [0.29, 0.717) is 42.1 Å². The van der Waals surface area contributed by atoms with Gasteiger partial charge in [-0.05, 0) is 18.6 Å². The van der Waals surface area contributed by atoms with E-state index in [-0.39, 0.29) is 23.8 Å². The normalized spacial score (nSPS) is 20.3. The third kappa shape index (κ3) is 2.78. The van der Waals surface area contributed by atoms with Crippen molar-refractivity contribution in [2.45, 2.75) is 38.7 Å². The van der Waals surface area contributed by atoms with E-state index in [1.165, 1.54) is 6.92 Å². The molecule has 0 bridgehead atoms. The number of allylic oxidation sites excluding steroid dienone is 3. The Labute approximate surface area is 138 Å². The number of hydrogen-bond donors (Lipinski definition) is 1. The molecule has 0 fully saturated rings. The topological polar surface area (TPSA) is 116 Å². The van der Waals surface area contributed by atoms with E-state index in [1.807, 2.05) is 6.07 Å². The number of carbonyl (C=O) groups excluding carboxylic acids is 2. The first-order chi connectivity index (χ1) is 11.5. The monoisotopic (exact) mass is 328 g/mol. The Morgan fingerprint density at radius 3 is 2.96 bits per heavy atom. The third-order valence-electron chi connectivity index (χ3n) is 3.99. The molecule has 7 nitrogen and oxygen atoms in total. The van der Waals surface area contributed by atoms with Crippen molar-refractivity contribution in [1.82, 2.24) is 0 Å². The number of ether oxygens (including phenoxy) is 2. The summed E-state index contributed by atoms with van der Waals surface area (Å²) in [6.45, 7) is 1.29. The lowest BCUT2D eigenvalue weighted by atomic mass is 9.80. The summed E-state index contributed by atoms with van der Waals surface area (Å²) in [5.74, 6) is 0.153. The van der Waals surface area contributed by atoms with Crippen LogP contribution in [-0.4, -0.2) is 11.8 Å². The number of nitrogens with two attached hydrogens (primary N) is 1. The van der Waals surface area contributed by atoms with E-state index in [4.69, 9.17) is 19.6 Å². The Balaban J connectivity index is 2.00. The van der Waals surface area contributed by atoms with Gasteiger partial charge in [0.2, 0.25) is 5.88 Å². The number of carbonyl (C=O) groups is 2. The third-order valence-corrected chi connectivity index (χ3v) is 3.99. The fraction of sp³-hybridized carbons (Fsp3) is 0.353. The standard InChI is InChI=1S/C17H16N2O5/c1-9(20)22-8-10-5-6-14(23-10)15-11(7-18)17(19)24-13-4-2-3-12(21)16(13)15/h5-6,15H,2-4,8,19H2,1H3. The highest BCUT2D eigenvalue weighted by Gasteiger charge is 2.39. The molecule has 1 unspecified atom stereocenters. The Hall–Kier alpha value is -3.01. The summed E-state index contributed by atoms with van der Waals surface area (Å²) in [4.78, 5) is 23.3. The lowest BCUT2D eigenvalue weighted by molar-refractivity contribution is -0.142. The van der Waals surface area contributed by atoms with Gasteiger partial charge in [0.25, 0.3) is 0 Å². The Morgan fingerprint density at radius 1 is 1.46 bits per heavy atom. The fourth-order valence-electron chi connectivity index (χ4n) is 2.94. The van der Waals surface area contributed by atoms with Gasteiger partial charge in [-0.1, -0.05) is 0 Å². The minimum Gasteiger partial charge on any atom is -0.461 e. The van der Waals surface area contributed by atoms with Crippen molar-refractivity contribution in [3.8, 4) is 6.07 Å². The molecule has 1 aromatic heterocycles. The van der Waals surface area contributed by atoms with Gasteiger partial charge in [-0.2, -0.15) is 5.26 Å². The number of Topliss-reactive ketones (excluding diaryl/α,β-unsaturated/α-hetero) is 1. The SMILES string of the molecule is CC(=O)OCc1ccc(C2C(C#N)=C(N)OC3=C2C(=O)CCC3)o1. The van der Waals surface area contributed by atoms with Gasteiger partial charge in [0.05, 0.1) is 5.92 Å². The lowest BCUT2D eigenvalue weighted by Crippen LogP contribution is -2.27. The summed E-state index contributed by atoms with van der Waals surface area (Å²) in [7, 11) is 0. The van der Waals surface area contributed by atoms with Crippen LogP contribution in [0.25, 0.3) is 0 Å². The van der Waals surface area contributed by atoms with Crippen molar-refractivity contribution in [2.75, 3.05) is 0 Å². The Kier molecular flexibility index (Phi) is 4.13. The zero-order valence-corrected chi connectivity index (χ0v) is 13.1. The summed E-state index contributed by atoms with van der Waals surface area (Å²) in [6, 6.07) is 5.32. The van der Waals surface area contributed by atoms with Crippen LogP contribution in [0.2, 0.25) is 0 Å². The molecule has 0 radical (unpaired) electrons. The molecule has 1 aliphatic carbocycles. The number of rotatable bonds is 3. The zero-order chi connectivity index (χ0) is 17.3. The highest BCUT2D eigenvalue weighted by atomic mass is 16.5. The molecule has 1 atom stereocenters. The average Bonchev–Trinajstić information content (AvgIpc) is 3.00. The molecular weight excluding hydrogens is 312 g/mol. The molecule has 0 spiro atoms. The second-order valence-corrected chi connectivity index (χ2v) is 5.62. The van der Waals surface area contributed by atoms with Crippen molar-refractivity contribution >= 4 is 11.8 Å². The number of ketones is 1. The molecule has 0 saturated heterocycles. The van der Waals surface area contributed by atoms with Crippen molar-refractivity contribution < 1.29 is 23.5 Å². The van der Waals surface area contributed by atoms with Crippen molar-refractivity contribution in [1.29, 1.82) is 5.26 Å². The smallest absolute Gasteiger partial charge is 0.303 e. The molecule has 7 heteroatoms. The predicted molar refractivity (Wildman–Crippen MR) is 80.7 cm³/mol. The second kappa shape index (κ2) is 6.24. The van der Waals surface area contributed by atoms with Crippen LogP contribution in [0.3, 0.4) is 0 Å². The molecule has 2 N–H and O–H groups in total. The first-order valence-corrected chi connectivity index (χ1v) is 7.57. The van der Waals surface area contributed by atoms with Gasteiger partial charge in [-0.3, -0.25) is 9.59 Å². The number of nitrogens with zero attached hydrogens (tertiary/aromatic N) is 1. The van der Waals surface area contributed by atoms with Gasteiger partial charge in [-0.15, -0.1) is 0 Å². The van der Waals surface area contributed by atoms with Crippen molar-refractivity contribution in [2.24, 2.45) is 5.73 Å². The molecule has 1 aliphatic heterocycles. The average molecular weight is 328 g/mol. The van der Waals surface area contributed by atoms with Crippen LogP contribution in [0, 0.1) is 11.3 Å². The van der Waals surface area contributed by atoms with Crippen LogP contribution in [0.5, 0.6) is 0 Å². The maximum absolute atomic E-state index is 12.4. The quantitative estimate of drug-likeness (QED) is 0.845. The summed E-state index contributed by atoms with van der Waals surface area (Å²) < 4.78 is 16.1. The predicted octanol–water partition coefficient (Wildman–Crippen LogP) is 2.16. The highest BCUT2D eigenvalue weighted by Crippen LogP contribution is 2.43. The summed E-state index contributed by atoms with van der Waals surface area (Å²) in [5, 5.41) is 9.44. The van der Waals surface area contributed by atoms with Crippen molar-refractivity contribution in [3.05, 3.63) is 46.4 Å². The Morgan fingerprint density at radius 2 is 2.25 bits per heavy atom. The van der Waals surface area contributed by atoms with Crippen LogP contribution in [0.1, 0.15) is 43.6 Å². The first-order valence-electron chi connectivity index (χ1n) is 7.57. The number of hydrogen-bond acceptors (Lipinski definition) is 7. The number of esters is 1. The van der Waals surface area contributed by atoms with E-state index in [1.54, 1.807) is 12.1 Å². The van der Waals surface area contributed by atoms with E-state index in [9.17, 15) is 14.9 Å². The van der Waals surface area contributed by atoms with Gasteiger partial charge in [0.1, 0.15) is 35.5 Å². The largest absolute Gasteiger partial charge is 0.461 e. The maximum atomic E-state index is 12.4. The summed E-state index contributed by atoms with van der Waals surface area (Å²) >= 11 is 0. The van der Waals surface area contributed by atoms with Gasteiger partial charge in [0, 0.05) is 25.3 Å². The molecule has 3 rings (SSSR count). The highest BCUT2D eigenvalue weighted by molar-refractivity contribution is 5.99. The molecule has 124 valence electrons. The lowest BCUT2D eigenvalue weighted by Gasteiger charge is -2.29. The fourth-order valence-corrected chi connectivity index (χ4v) is 2.94. The molecule has 2 heterocycles. The van der Waals surface area contributed by atoms with Gasteiger partial charge >= 0.3 is 5.97 Å². The maximum Gasteiger partial charge on any atom is 0.303 e. The van der Waals surface area contributed by atoms with Crippen LogP contribution in [0.4, 0.5) is 0 Å². The zero-order valence-electron chi connectivity index (χ0n) is 13.1. The molecule has 1 aromatic rings. The van der Waals surface area contributed by atoms with E-state index < -0.39 is 11.9 Å². The van der Waals surface area contributed by atoms with Crippen LogP contribution in [0.15, 0.2) is 39.3 Å². The first kappa shape index (κ1) is 15.9. The molecule has 2 aliphatic rings. The summed E-state index contributed by atoms with van der Waals surface area (Å²) in [6.07, 6.45) is 1.69. The van der Waals surface area contributed by atoms with E-state index >= 15 is 0 Å². The molecule has 0 saturated carbocycles. The van der Waals surface area contributed by atoms with Crippen LogP contribution >= 0.6 is 0 Å². The van der Waals surface area contributed by atoms with E-state index in [2.05, 4.69) is 0 Å². The Bertz CT molecular complexity index is 809. The molecule has 0 amide bonds. The van der Waals surface area contributed by atoms with E-state index in [0.717, 1.165) is 0 Å². The summed E-state index contributed by atoms with van der Waals surface area (Å²) in [5.41, 5.74) is 6.43. The minimum absolute atomic E-state index is 0.00566. The van der Waals surface area contributed by atoms with Crippen LogP contribution < -0.4 is 5.73 Å².